The lowest BCUT2D eigenvalue weighted by atomic mass is 10.0. The van der Waals surface area contributed by atoms with Crippen molar-refractivity contribution in [1.29, 1.82) is 0 Å². The van der Waals surface area contributed by atoms with E-state index in [0.717, 1.165) is 11.1 Å². The summed E-state index contributed by atoms with van der Waals surface area (Å²) < 4.78 is 5.61. The number of phenols is 2. The third kappa shape index (κ3) is 5.24. The van der Waals surface area contributed by atoms with E-state index in [4.69, 9.17) is 4.74 Å². The maximum absolute atomic E-state index is 11.9. The first-order chi connectivity index (χ1) is 11.9. The Morgan fingerprint density at radius 2 is 2.00 bits per heavy atom. The van der Waals surface area contributed by atoms with Crippen molar-refractivity contribution in [2.75, 3.05) is 6.61 Å². The highest BCUT2D eigenvalue weighted by Crippen LogP contribution is 2.27. The lowest BCUT2D eigenvalue weighted by Gasteiger charge is -2.14. The lowest BCUT2D eigenvalue weighted by Crippen LogP contribution is -2.25. The SMILES string of the molecule is Cc1ccc(C(C)C)c(OCC(=O)N/N=C\c2ccc(O)cc2O)c1. The fourth-order valence-corrected chi connectivity index (χ4v) is 2.23. The Kier molecular flexibility index (Phi) is 6.00. The average molecular weight is 342 g/mol. The molecule has 2 rings (SSSR count). The summed E-state index contributed by atoms with van der Waals surface area (Å²) in [7, 11) is 0. The molecule has 0 saturated carbocycles. The molecule has 25 heavy (non-hydrogen) atoms. The monoisotopic (exact) mass is 342 g/mol. The molecule has 0 aromatic heterocycles. The molecule has 2 aromatic rings. The second-order valence-corrected chi connectivity index (χ2v) is 6.02. The number of carbonyl (C=O) groups excluding carboxylic acids is 1. The normalized spacial score (nSPS) is 11.0. The summed E-state index contributed by atoms with van der Waals surface area (Å²) in [6.45, 7) is 5.92. The van der Waals surface area contributed by atoms with Crippen molar-refractivity contribution in [3.63, 3.8) is 0 Å². The molecule has 0 bridgehead atoms. The third-order valence-electron chi connectivity index (χ3n) is 3.56. The Morgan fingerprint density at radius 1 is 1.24 bits per heavy atom. The Bertz CT molecular complexity index is 785. The summed E-state index contributed by atoms with van der Waals surface area (Å²) in [6, 6.07) is 10.0. The number of hydrogen-bond donors (Lipinski definition) is 3. The topological polar surface area (TPSA) is 91.2 Å². The Balaban J connectivity index is 1.93. The molecule has 0 heterocycles. The number of amides is 1. The van der Waals surface area contributed by atoms with E-state index in [1.807, 2.05) is 25.1 Å². The zero-order chi connectivity index (χ0) is 18.4. The van der Waals surface area contributed by atoms with E-state index in [1.165, 1.54) is 24.4 Å². The number of nitrogens with one attached hydrogen (secondary N) is 1. The van der Waals surface area contributed by atoms with Gasteiger partial charge in [-0.05, 0) is 42.2 Å². The van der Waals surface area contributed by atoms with Gasteiger partial charge in [0, 0.05) is 11.6 Å². The number of rotatable bonds is 6. The van der Waals surface area contributed by atoms with E-state index < -0.39 is 5.91 Å². The summed E-state index contributed by atoms with van der Waals surface area (Å²) in [5.74, 6) is 0.381. The first kappa shape index (κ1) is 18.3. The molecule has 6 nitrogen and oxygen atoms in total. The van der Waals surface area contributed by atoms with Gasteiger partial charge in [0.2, 0.25) is 0 Å². The molecule has 1 amide bonds. The minimum atomic E-state index is -0.411. The molecule has 0 saturated heterocycles. The average Bonchev–Trinajstić information content (AvgIpc) is 2.54. The van der Waals surface area contributed by atoms with Gasteiger partial charge in [0.15, 0.2) is 6.61 Å². The van der Waals surface area contributed by atoms with E-state index in [1.54, 1.807) is 0 Å². The van der Waals surface area contributed by atoms with Crippen LogP contribution in [-0.2, 0) is 4.79 Å². The Morgan fingerprint density at radius 3 is 2.68 bits per heavy atom. The van der Waals surface area contributed by atoms with Crippen molar-refractivity contribution >= 4 is 12.1 Å². The number of ether oxygens (including phenoxy) is 1. The predicted octanol–water partition coefficient (Wildman–Crippen LogP) is 3.06. The maximum Gasteiger partial charge on any atom is 0.277 e. The van der Waals surface area contributed by atoms with Crippen LogP contribution in [0.5, 0.6) is 17.2 Å². The number of hydrogen-bond acceptors (Lipinski definition) is 5. The molecule has 6 heteroatoms. The van der Waals surface area contributed by atoms with Gasteiger partial charge >= 0.3 is 0 Å². The van der Waals surface area contributed by atoms with E-state index in [0.29, 0.717) is 11.3 Å². The summed E-state index contributed by atoms with van der Waals surface area (Å²) in [6.07, 6.45) is 1.29. The van der Waals surface area contributed by atoms with Gasteiger partial charge < -0.3 is 14.9 Å². The molecule has 0 aliphatic carbocycles. The van der Waals surface area contributed by atoms with Crippen LogP contribution in [0, 0.1) is 6.92 Å². The highest BCUT2D eigenvalue weighted by molar-refractivity contribution is 5.85. The summed E-state index contributed by atoms with van der Waals surface area (Å²) in [5.41, 5.74) is 4.81. The molecule has 132 valence electrons. The smallest absolute Gasteiger partial charge is 0.277 e. The van der Waals surface area contributed by atoms with Crippen molar-refractivity contribution in [2.45, 2.75) is 26.7 Å². The van der Waals surface area contributed by atoms with Gasteiger partial charge in [-0.3, -0.25) is 4.79 Å². The number of benzene rings is 2. The van der Waals surface area contributed by atoms with E-state index in [9.17, 15) is 15.0 Å². The van der Waals surface area contributed by atoms with E-state index in [-0.39, 0.29) is 24.0 Å². The van der Waals surface area contributed by atoms with Gasteiger partial charge in [-0.25, -0.2) is 5.43 Å². The van der Waals surface area contributed by atoms with Gasteiger partial charge in [-0.15, -0.1) is 0 Å². The number of aryl methyl sites for hydroxylation is 1. The Hall–Kier alpha value is -3.02. The van der Waals surface area contributed by atoms with Crippen molar-refractivity contribution in [3.8, 4) is 17.2 Å². The van der Waals surface area contributed by atoms with Crippen LogP contribution in [0.3, 0.4) is 0 Å². The highest BCUT2D eigenvalue weighted by Gasteiger charge is 2.10. The first-order valence-corrected chi connectivity index (χ1v) is 7.94. The lowest BCUT2D eigenvalue weighted by molar-refractivity contribution is -0.123. The first-order valence-electron chi connectivity index (χ1n) is 7.94. The molecule has 0 unspecified atom stereocenters. The van der Waals surface area contributed by atoms with Crippen LogP contribution in [0.15, 0.2) is 41.5 Å². The number of nitrogens with zero attached hydrogens (tertiary/aromatic N) is 1. The maximum atomic E-state index is 11.9. The van der Waals surface area contributed by atoms with Crippen LogP contribution in [-0.4, -0.2) is 28.9 Å². The molecule has 0 aliphatic rings. The van der Waals surface area contributed by atoms with Gasteiger partial charge in [-0.2, -0.15) is 5.10 Å². The minimum Gasteiger partial charge on any atom is -0.508 e. The predicted molar refractivity (Wildman–Crippen MR) is 96.3 cm³/mol. The molecule has 0 atom stereocenters. The van der Waals surface area contributed by atoms with E-state index in [2.05, 4.69) is 24.4 Å². The molecule has 0 radical (unpaired) electrons. The summed E-state index contributed by atoms with van der Waals surface area (Å²) in [4.78, 5) is 11.9. The fourth-order valence-electron chi connectivity index (χ4n) is 2.23. The van der Waals surface area contributed by atoms with Crippen molar-refractivity contribution in [3.05, 3.63) is 53.1 Å². The minimum absolute atomic E-state index is 0.0498. The second-order valence-electron chi connectivity index (χ2n) is 6.02. The molecule has 0 fully saturated rings. The summed E-state index contributed by atoms with van der Waals surface area (Å²) in [5, 5.41) is 22.6. The molecular weight excluding hydrogens is 320 g/mol. The third-order valence-corrected chi connectivity index (χ3v) is 3.56. The van der Waals surface area contributed by atoms with Crippen LogP contribution in [0.25, 0.3) is 0 Å². The van der Waals surface area contributed by atoms with Crippen molar-refractivity contribution in [1.82, 2.24) is 5.43 Å². The molecule has 0 spiro atoms. The second kappa shape index (κ2) is 8.19. The zero-order valence-electron chi connectivity index (χ0n) is 14.5. The molecule has 2 aromatic carbocycles. The van der Waals surface area contributed by atoms with Gasteiger partial charge in [0.25, 0.3) is 5.91 Å². The van der Waals surface area contributed by atoms with Crippen LogP contribution in [0.4, 0.5) is 0 Å². The molecule has 0 aliphatic heterocycles. The van der Waals surface area contributed by atoms with E-state index >= 15 is 0 Å². The number of aromatic hydroxyl groups is 2. The summed E-state index contributed by atoms with van der Waals surface area (Å²) >= 11 is 0. The fraction of sp³-hybridized carbons (Fsp3) is 0.263. The van der Waals surface area contributed by atoms with Crippen LogP contribution in [0.2, 0.25) is 0 Å². The van der Waals surface area contributed by atoms with Gasteiger partial charge in [0.1, 0.15) is 17.2 Å². The Labute approximate surface area is 146 Å². The zero-order valence-corrected chi connectivity index (χ0v) is 14.5. The van der Waals surface area contributed by atoms with Gasteiger partial charge in [-0.1, -0.05) is 26.0 Å². The van der Waals surface area contributed by atoms with Gasteiger partial charge in [0.05, 0.1) is 6.21 Å². The van der Waals surface area contributed by atoms with Crippen molar-refractivity contribution < 1.29 is 19.7 Å². The largest absolute Gasteiger partial charge is 0.508 e. The highest BCUT2D eigenvalue weighted by atomic mass is 16.5. The van der Waals surface area contributed by atoms with Crippen LogP contribution in [0.1, 0.15) is 36.5 Å². The molecular formula is C19H22N2O4. The quantitative estimate of drug-likeness (QED) is 0.556. The van der Waals surface area contributed by atoms with Crippen LogP contribution < -0.4 is 10.2 Å². The van der Waals surface area contributed by atoms with Crippen molar-refractivity contribution in [2.24, 2.45) is 5.10 Å². The number of carbonyl (C=O) groups is 1. The van der Waals surface area contributed by atoms with Crippen LogP contribution >= 0.6 is 0 Å². The standard InChI is InChI=1S/C19H22N2O4/c1-12(2)16-7-4-13(3)8-18(16)25-11-19(24)21-20-10-14-5-6-15(22)9-17(14)23/h4-10,12,22-23H,11H2,1-3H3,(H,21,24)/b20-10-. The number of phenolic OH excluding ortho intramolecular Hbond substituents is 2. The molecule has 3 N–H and O–H groups in total. The number of hydrazone groups is 1.